The summed E-state index contributed by atoms with van der Waals surface area (Å²) in [6.07, 6.45) is 0. The average Bonchev–Trinajstić information content (AvgIpc) is 1.87. The zero-order chi connectivity index (χ0) is 8.15. The van der Waals surface area contributed by atoms with Gasteiger partial charge < -0.3 is 16.2 Å². The van der Waals surface area contributed by atoms with Crippen LogP contribution in [0.25, 0.3) is 0 Å². The van der Waals surface area contributed by atoms with Crippen LogP contribution in [-0.2, 0) is 9.53 Å². The van der Waals surface area contributed by atoms with Crippen LogP contribution in [0.2, 0.25) is 0 Å². The fourth-order valence-electron chi connectivity index (χ4n) is 0.647. The second-order valence-electron chi connectivity index (χ2n) is 2.36. The molecule has 1 amide bonds. The molecule has 0 aromatic rings. The maximum atomic E-state index is 10.5. The number of carbonyl (C=O) groups is 1. The molecule has 0 fully saturated rings. The summed E-state index contributed by atoms with van der Waals surface area (Å²) in [7, 11) is 1.56. The first-order valence-corrected chi connectivity index (χ1v) is 3.13. The van der Waals surface area contributed by atoms with Crippen LogP contribution in [0.3, 0.4) is 0 Å². The fourth-order valence-corrected chi connectivity index (χ4v) is 0.647. The lowest BCUT2D eigenvalue weighted by Gasteiger charge is -2.14. The molecular formula is C6H14N2O2. The number of hydrogen-bond donors (Lipinski definition) is 2. The van der Waals surface area contributed by atoms with Gasteiger partial charge in [-0.3, -0.25) is 4.79 Å². The molecule has 0 aromatic carbocycles. The molecule has 10 heavy (non-hydrogen) atoms. The first-order chi connectivity index (χ1) is 4.59. The number of methoxy groups -OCH3 is 1. The van der Waals surface area contributed by atoms with E-state index in [4.69, 9.17) is 16.2 Å². The van der Waals surface area contributed by atoms with Gasteiger partial charge in [-0.25, -0.2) is 0 Å². The van der Waals surface area contributed by atoms with E-state index in [1.807, 2.05) is 6.92 Å². The summed E-state index contributed by atoms with van der Waals surface area (Å²) in [5, 5.41) is 0. The first-order valence-electron chi connectivity index (χ1n) is 3.13. The van der Waals surface area contributed by atoms with Gasteiger partial charge in [0.05, 0.1) is 12.6 Å². The zero-order valence-electron chi connectivity index (χ0n) is 6.33. The van der Waals surface area contributed by atoms with Crippen molar-refractivity contribution < 1.29 is 9.53 Å². The second-order valence-corrected chi connectivity index (χ2v) is 2.36. The van der Waals surface area contributed by atoms with Gasteiger partial charge in [-0.1, -0.05) is 6.92 Å². The Morgan fingerprint density at radius 2 is 2.20 bits per heavy atom. The van der Waals surface area contributed by atoms with E-state index in [-0.39, 0.29) is 5.92 Å². The van der Waals surface area contributed by atoms with Crippen molar-refractivity contribution in [2.45, 2.75) is 13.0 Å². The minimum atomic E-state index is -0.597. The molecule has 0 rings (SSSR count). The molecule has 0 aliphatic heterocycles. The van der Waals surface area contributed by atoms with E-state index in [2.05, 4.69) is 0 Å². The Balaban J connectivity index is 3.69. The third-order valence-electron chi connectivity index (χ3n) is 1.37. The van der Waals surface area contributed by atoms with E-state index in [1.54, 1.807) is 7.11 Å². The van der Waals surface area contributed by atoms with Gasteiger partial charge in [-0.05, 0) is 0 Å². The normalized spacial score (nSPS) is 16.3. The van der Waals surface area contributed by atoms with Gasteiger partial charge in [0.25, 0.3) is 0 Å². The van der Waals surface area contributed by atoms with Crippen molar-refractivity contribution in [1.82, 2.24) is 0 Å². The first kappa shape index (κ1) is 9.39. The smallest absolute Gasteiger partial charge is 0.234 e. The molecule has 0 aromatic heterocycles. The zero-order valence-corrected chi connectivity index (χ0v) is 6.33. The SMILES string of the molecule is COCC(C)C(N)C(N)=O. The number of ether oxygens (including phenoxy) is 1. The van der Waals surface area contributed by atoms with Gasteiger partial charge >= 0.3 is 0 Å². The summed E-state index contributed by atoms with van der Waals surface area (Å²) in [5.41, 5.74) is 10.3. The molecule has 0 saturated carbocycles. The molecule has 0 spiro atoms. The average molecular weight is 146 g/mol. The van der Waals surface area contributed by atoms with Crippen molar-refractivity contribution in [2.24, 2.45) is 17.4 Å². The number of carbonyl (C=O) groups excluding carboxylic acids is 1. The minimum Gasteiger partial charge on any atom is -0.384 e. The van der Waals surface area contributed by atoms with E-state index in [9.17, 15) is 4.79 Å². The third-order valence-corrected chi connectivity index (χ3v) is 1.37. The van der Waals surface area contributed by atoms with Gasteiger partial charge in [-0.15, -0.1) is 0 Å². The molecule has 0 bridgehead atoms. The highest BCUT2D eigenvalue weighted by Crippen LogP contribution is 1.98. The van der Waals surface area contributed by atoms with E-state index < -0.39 is 11.9 Å². The van der Waals surface area contributed by atoms with Crippen LogP contribution in [0, 0.1) is 5.92 Å². The summed E-state index contributed by atoms with van der Waals surface area (Å²) < 4.78 is 4.79. The van der Waals surface area contributed by atoms with Crippen LogP contribution in [-0.4, -0.2) is 25.7 Å². The van der Waals surface area contributed by atoms with Crippen LogP contribution in [0.4, 0.5) is 0 Å². The number of primary amides is 1. The number of amides is 1. The molecule has 4 heteroatoms. The Hall–Kier alpha value is -0.610. The van der Waals surface area contributed by atoms with Crippen LogP contribution in [0.5, 0.6) is 0 Å². The van der Waals surface area contributed by atoms with E-state index >= 15 is 0 Å². The van der Waals surface area contributed by atoms with Gasteiger partial charge in [0, 0.05) is 13.0 Å². The molecule has 2 unspecified atom stereocenters. The van der Waals surface area contributed by atoms with Crippen LogP contribution >= 0.6 is 0 Å². The standard InChI is InChI=1S/C6H14N2O2/c1-4(3-10-2)5(7)6(8)9/h4-5H,3,7H2,1-2H3,(H2,8,9). The summed E-state index contributed by atoms with van der Waals surface area (Å²) in [5.74, 6) is -0.493. The summed E-state index contributed by atoms with van der Waals surface area (Å²) in [6, 6.07) is -0.597. The van der Waals surface area contributed by atoms with Crippen LogP contribution in [0.15, 0.2) is 0 Å². The molecular weight excluding hydrogens is 132 g/mol. The Kier molecular flexibility index (Phi) is 3.99. The predicted octanol–water partition coefficient (Wildman–Crippen LogP) is -0.918. The maximum Gasteiger partial charge on any atom is 0.234 e. The van der Waals surface area contributed by atoms with Gasteiger partial charge in [-0.2, -0.15) is 0 Å². The summed E-state index contributed by atoms with van der Waals surface area (Å²) >= 11 is 0. The van der Waals surface area contributed by atoms with Crippen molar-refractivity contribution in [3.8, 4) is 0 Å². The summed E-state index contributed by atoms with van der Waals surface area (Å²) in [6.45, 7) is 2.28. The third kappa shape index (κ3) is 2.80. The van der Waals surface area contributed by atoms with Crippen molar-refractivity contribution >= 4 is 5.91 Å². The van der Waals surface area contributed by atoms with Crippen molar-refractivity contribution in [1.29, 1.82) is 0 Å². The monoisotopic (exact) mass is 146 g/mol. The molecule has 0 aliphatic rings. The lowest BCUT2D eigenvalue weighted by molar-refractivity contribution is -0.120. The topological polar surface area (TPSA) is 78.3 Å². The Labute approximate surface area is 60.5 Å². The minimum absolute atomic E-state index is 0.0116. The molecule has 60 valence electrons. The lowest BCUT2D eigenvalue weighted by Crippen LogP contribution is -2.43. The molecule has 0 heterocycles. The number of hydrogen-bond acceptors (Lipinski definition) is 3. The van der Waals surface area contributed by atoms with Gasteiger partial charge in [0.2, 0.25) is 5.91 Å². The number of nitrogens with two attached hydrogens (primary N) is 2. The second kappa shape index (κ2) is 4.24. The van der Waals surface area contributed by atoms with Gasteiger partial charge in [0.1, 0.15) is 0 Å². The van der Waals surface area contributed by atoms with Gasteiger partial charge in [0.15, 0.2) is 0 Å². The van der Waals surface area contributed by atoms with Crippen molar-refractivity contribution in [3.63, 3.8) is 0 Å². The Morgan fingerprint density at radius 1 is 1.70 bits per heavy atom. The van der Waals surface area contributed by atoms with E-state index in [0.717, 1.165) is 0 Å². The largest absolute Gasteiger partial charge is 0.384 e. The fraction of sp³-hybridized carbons (Fsp3) is 0.833. The van der Waals surface area contributed by atoms with E-state index in [0.29, 0.717) is 6.61 Å². The number of rotatable bonds is 4. The highest BCUT2D eigenvalue weighted by molar-refractivity contribution is 5.79. The molecule has 0 aliphatic carbocycles. The van der Waals surface area contributed by atoms with Crippen molar-refractivity contribution in [2.75, 3.05) is 13.7 Å². The highest BCUT2D eigenvalue weighted by Gasteiger charge is 2.17. The maximum absolute atomic E-state index is 10.5. The van der Waals surface area contributed by atoms with Crippen LogP contribution < -0.4 is 11.5 Å². The van der Waals surface area contributed by atoms with Crippen LogP contribution in [0.1, 0.15) is 6.92 Å². The Bertz CT molecular complexity index is 116. The molecule has 2 atom stereocenters. The Morgan fingerprint density at radius 3 is 2.50 bits per heavy atom. The molecule has 0 radical (unpaired) electrons. The lowest BCUT2D eigenvalue weighted by atomic mass is 10.0. The summed E-state index contributed by atoms with van der Waals surface area (Å²) in [4.78, 5) is 10.5. The molecule has 4 N–H and O–H groups in total. The molecule has 4 nitrogen and oxygen atoms in total. The highest BCUT2D eigenvalue weighted by atomic mass is 16.5. The van der Waals surface area contributed by atoms with Crippen molar-refractivity contribution in [3.05, 3.63) is 0 Å². The van der Waals surface area contributed by atoms with E-state index in [1.165, 1.54) is 0 Å². The predicted molar refractivity (Wildman–Crippen MR) is 38.2 cm³/mol. The molecule has 0 saturated heterocycles. The quantitative estimate of drug-likeness (QED) is 0.538.